The van der Waals surface area contributed by atoms with Gasteiger partial charge in [-0.25, -0.2) is 4.98 Å². The Bertz CT molecular complexity index is 450. The van der Waals surface area contributed by atoms with Crippen LogP contribution < -0.4 is 10.6 Å². The molecule has 0 bridgehead atoms. The standard InChI is InChI=1S/C9H11N3O4/c1-4(13)10-8(15)7-9(11-5(2)14)16-6(3)12-7/h1-3H3,(H,11,14)(H,10,13,15). The Morgan fingerprint density at radius 2 is 1.81 bits per heavy atom. The first-order valence-corrected chi connectivity index (χ1v) is 4.47. The number of rotatable bonds is 2. The summed E-state index contributed by atoms with van der Waals surface area (Å²) in [6, 6.07) is 0. The van der Waals surface area contributed by atoms with Crippen LogP contribution in [0.3, 0.4) is 0 Å². The topological polar surface area (TPSA) is 101 Å². The van der Waals surface area contributed by atoms with Gasteiger partial charge in [0.2, 0.25) is 17.7 Å². The molecule has 1 heterocycles. The SMILES string of the molecule is CC(=O)NC(=O)c1nc(C)oc1NC(C)=O. The molecule has 1 rings (SSSR count). The predicted octanol–water partition coefficient (Wildman–Crippen LogP) is 0.218. The van der Waals surface area contributed by atoms with Gasteiger partial charge >= 0.3 is 0 Å². The van der Waals surface area contributed by atoms with Crippen molar-refractivity contribution in [1.29, 1.82) is 0 Å². The van der Waals surface area contributed by atoms with E-state index in [1.807, 2.05) is 5.32 Å². The number of carbonyl (C=O) groups excluding carboxylic acids is 3. The van der Waals surface area contributed by atoms with E-state index in [4.69, 9.17) is 4.42 Å². The fourth-order valence-electron chi connectivity index (χ4n) is 1.04. The molecule has 2 N–H and O–H groups in total. The summed E-state index contributed by atoms with van der Waals surface area (Å²) in [5.74, 6) is -1.47. The largest absolute Gasteiger partial charge is 0.424 e. The number of anilines is 1. The molecule has 1 aromatic heterocycles. The maximum atomic E-state index is 11.5. The molecule has 1 aromatic rings. The average molecular weight is 225 g/mol. The number of aryl methyl sites for hydroxylation is 1. The van der Waals surface area contributed by atoms with Gasteiger partial charge in [0.15, 0.2) is 11.6 Å². The van der Waals surface area contributed by atoms with Crippen LogP contribution in [-0.2, 0) is 9.59 Å². The van der Waals surface area contributed by atoms with Gasteiger partial charge in [-0.1, -0.05) is 0 Å². The molecule has 0 saturated heterocycles. The molecule has 0 aliphatic carbocycles. The third kappa shape index (κ3) is 2.91. The highest BCUT2D eigenvalue weighted by molar-refractivity contribution is 6.06. The van der Waals surface area contributed by atoms with Crippen LogP contribution in [-0.4, -0.2) is 22.7 Å². The number of aromatic nitrogens is 1. The summed E-state index contributed by atoms with van der Waals surface area (Å²) in [6.45, 7) is 3.99. The van der Waals surface area contributed by atoms with Gasteiger partial charge in [0.05, 0.1) is 0 Å². The molecule has 0 fully saturated rings. The maximum absolute atomic E-state index is 11.5. The fourth-order valence-corrected chi connectivity index (χ4v) is 1.04. The maximum Gasteiger partial charge on any atom is 0.282 e. The van der Waals surface area contributed by atoms with E-state index in [-0.39, 0.29) is 17.5 Å². The Morgan fingerprint density at radius 3 is 2.31 bits per heavy atom. The lowest BCUT2D eigenvalue weighted by Crippen LogP contribution is -2.29. The van der Waals surface area contributed by atoms with E-state index in [1.54, 1.807) is 0 Å². The van der Waals surface area contributed by atoms with Gasteiger partial charge < -0.3 is 4.42 Å². The first kappa shape index (κ1) is 11.9. The van der Waals surface area contributed by atoms with E-state index in [2.05, 4.69) is 10.3 Å². The van der Waals surface area contributed by atoms with Crippen LogP contribution in [0.15, 0.2) is 4.42 Å². The number of amides is 3. The molecule has 0 saturated carbocycles. The molecule has 7 heteroatoms. The van der Waals surface area contributed by atoms with E-state index in [9.17, 15) is 14.4 Å². The summed E-state index contributed by atoms with van der Waals surface area (Å²) in [6.07, 6.45) is 0. The first-order chi connectivity index (χ1) is 7.40. The molecule has 0 atom stereocenters. The van der Waals surface area contributed by atoms with Crippen LogP contribution in [0.1, 0.15) is 30.2 Å². The third-order valence-electron chi connectivity index (χ3n) is 1.53. The number of nitrogens with one attached hydrogen (secondary N) is 2. The molecule has 0 radical (unpaired) electrons. The molecule has 0 aliphatic rings. The average Bonchev–Trinajstić information content (AvgIpc) is 2.44. The second-order valence-corrected chi connectivity index (χ2v) is 3.10. The molecule has 0 spiro atoms. The Balaban J connectivity index is 2.98. The second-order valence-electron chi connectivity index (χ2n) is 3.10. The van der Waals surface area contributed by atoms with Crippen LogP contribution in [0.5, 0.6) is 0 Å². The van der Waals surface area contributed by atoms with Gasteiger partial charge in [0.25, 0.3) is 5.91 Å². The second kappa shape index (κ2) is 4.56. The van der Waals surface area contributed by atoms with Crippen LogP contribution in [0, 0.1) is 6.92 Å². The van der Waals surface area contributed by atoms with E-state index in [1.165, 1.54) is 20.8 Å². The Labute approximate surface area is 91.2 Å². The van der Waals surface area contributed by atoms with E-state index in [0.29, 0.717) is 0 Å². The summed E-state index contributed by atoms with van der Waals surface area (Å²) >= 11 is 0. The van der Waals surface area contributed by atoms with Crippen LogP contribution in [0.4, 0.5) is 5.88 Å². The van der Waals surface area contributed by atoms with Gasteiger partial charge in [-0.3, -0.25) is 25.0 Å². The van der Waals surface area contributed by atoms with E-state index in [0.717, 1.165) is 0 Å². The highest BCUT2D eigenvalue weighted by Gasteiger charge is 2.20. The number of carbonyl (C=O) groups is 3. The van der Waals surface area contributed by atoms with Crippen LogP contribution >= 0.6 is 0 Å². The van der Waals surface area contributed by atoms with Crippen molar-refractivity contribution in [2.45, 2.75) is 20.8 Å². The lowest BCUT2D eigenvalue weighted by molar-refractivity contribution is -0.118. The molecule has 0 aliphatic heterocycles. The van der Waals surface area contributed by atoms with Crippen molar-refractivity contribution in [3.05, 3.63) is 11.6 Å². The molecule has 16 heavy (non-hydrogen) atoms. The minimum absolute atomic E-state index is 0.0660. The minimum Gasteiger partial charge on any atom is -0.424 e. The lowest BCUT2D eigenvalue weighted by atomic mass is 10.4. The fraction of sp³-hybridized carbons (Fsp3) is 0.333. The third-order valence-corrected chi connectivity index (χ3v) is 1.53. The van der Waals surface area contributed by atoms with Crippen molar-refractivity contribution < 1.29 is 18.8 Å². The predicted molar refractivity (Wildman–Crippen MR) is 53.7 cm³/mol. The van der Waals surface area contributed by atoms with Crippen LogP contribution in [0.25, 0.3) is 0 Å². The number of oxazole rings is 1. The van der Waals surface area contributed by atoms with Crippen molar-refractivity contribution in [3.8, 4) is 0 Å². The zero-order chi connectivity index (χ0) is 12.3. The normalized spacial score (nSPS) is 9.69. The minimum atomic E-state index is -0.715. The smallest absolute Gasteiger partial charge is 0.282 e. The van der Waals surface area contributed by atoms with Crippen molar-refractivity contribution in [2.24, 2.45) is 0 Å². The molecule has 7 nitrogen and oxygen atoms in total. The number of imide groups is 1. The summed E-state index contributed by atoms with van der Waals surface area (Å²) in [5, 5.41) is 4.34. The molecule has 86 valence electrons. The molecule has 0 aromatic carbocycles. The first-order valence-electron chi connectivity index (χ1n) is 4.47. The van der Waals surface area contributed by atoms with Gasteiger partial charge in [0.1, 0.15) is 0 Å². The van der Waals surface area contributed by atoms with E-state index < -0.39 is 17.7 Å². The summed E-state index contributed by atoms with van der Waals surface area (Å²) in [5.41, 5.74) is -0.122. The number of hydrogen-bond donors (Lipinski definition) is 2. The highest BCUT2D eigenvalue weighted by Crippen LogP contribution is 2.16. The quantitative estimate of drug-likeness (QED) is 0.749. The van der Waals surface area contributed by atoms with Crippen molar-refractivity contribution in [2.75, 3.05) is 5.32 Å². The summed E-state index contributed by atoms with van der Waals surface area (Å²) in [7, 11) is 0. The Hall–Kier alpha value is -2.18. The van der Waals surface area contributed by atoms with Gasteiger partial charge in [-0.15, -0.1) is 0 Å². The van der Waals surface area contributed by atoms with E-state index >= 15 is 0 Å². The van der Waals surface area contributed by atoms with Crippen LogP contribution in [0.2, 0.25) is 0 Å². The molecule has 0 unspecified atom stereocenters. The van der Waals surface area contributed by atoms with Crippen molar-refractivity contribution in [3.63, 3.8) is 0 Å². The molecular weight excluding hydrogens is 214 g/mol. The zero-order valence-electron chi connectivity index (χ0n) is 9.08. The summed E-state index contributed by atoms with van der Waals surface area (Å²) in [4.78, 5) is 36.7. The van der Waals surface area contributed by atoms with Crippen molar-refractivity contribution in [1.82, 2.24) is 10.3 Å². The zero-order valence-corrected chi connectivity index (χ0v) is 9.08. The lowest BCUT2D eigenvalue weighted by Gasteiger charge is -2.00. The summed E-state index contributed by atoms with van der Waals surface area (Å²) < 4.78 is 5.01. The van der Waals surface area contributed by atoms with Crippen molar-refractivity contribution >= 4 is 23.6 Å². The Kier molecular flexibility index (Phi) is 3.39. The highest BCUT2D eigenvalue weighted by atomic mass is 16.4. The number of hydrogen-bond acceptors (Lipinski definition) is 5. The molecular formula is C9H11N3O4. The van der Waals surface area contributed by atoms with Gasteiger partial charge in [-0.2, -0.15) is 0 Å². The molecule has 3 amide bonds. The number of nitrogens with zero attached hydrogens (tertiary/aromatic N) is 1. The van der Waals surface area contributed by atoms with Gasteiger partial charge in [-0.05, 0) is 0 Å². The Morgan fingerprint density at radius 1 is 1.19 bits per heavy atom. The van der Waals surface area contributed by atoms with Gasteiger partial charge in [0, 0.05) is 20.8 Å². The monoisotopic (exact) mass is 225 g/mol.